The lowest BCUT2D eigenvalue weighted by Crippen LogP contribution is -2.45. The summed E-state index contributed by atoms with van der Waals surface area (Å²) in [6, 6.07) is 0. The summed E-state index contributed by atoms with van der Waals surface area (Å²) in [6.45, 7) is 0.475. The van der Waals surface area contributed by atoms with Gasteiger partial charge in [0, 0.05) is 6.54 Å². The first-order valence-electron chi connectivity index (χ1n) is 2.51. The fourth-order valence-electron chi connectivity index (χ4n) is 0.536. The van der Waals surface area contributed by atoms with Gasteiger partial charge in [-0.3, -0.25) is 4.84 Å². The van der Waals surface area contributed by atoms with E-state index in [1.807, 2.05) is 0 Å². The molecule has 8 heavy (non-hydrogen) atoms. The van der Waals surface area contributed by atoms with Gasteiger partial charge >= 0.3 is 0 Å². The van der Waals surface area contributed by atoms with E-state index < -0.39 is 12.2 Å². The van der Waals surface area contributed by atoms with Gasteiger partial charge in [0.2, 0.25) is 0 Å². The molecule has 0 radical (unpaired) electrons. The number of nitrogens with one attached hydrogen (secondary N) is 1. The molecule has 0 saturated carbocycles. The van der Waals surface area contributed by atoms with E-state index in [0.717, 1.165) is 0 Å². The Kier molecular flexibility index (Phi) is 1.80. The molecule has 1 aliphatic heterocycles. The van der Waals surface area contributed by atoms with E-state index in [1.54, 1.807) is 0 Å². The first kappa shape index (κ1) is 5.97. The Hall–Kier alpha value is -0.160. The molecule has 0 amide bonds. The molecule has 0 aliphatic carbocycles. The zero-order valence-electron chi connectivity index (χ0n) is 4.37. The van der Waals surface area contributed by atoms with E-state index in [1.165, 1.54) is 0 Å². The van der Waals surface area contributed by atoms with E-state index >= 15 is 0 Å². The first-order valence-corrected chi connectivity index (χ1v) is 2.51. The molecule has 1 aliphatic rings. The summed E-state index contributed by atoms with van der Waals surface area (Å²) in [5, 5.41) is 17.5. The van der Waals surface area contributed by atoms with Crippen LogP contribution in [0.3, 0.4) is 0 Å². The van der Waals surface area contributed by atoms with Crippen molar-refractivity contribution in [3.05, 3.63) is 0 Å². The third kappa shape index (κ3) is 1.16. The Bertz CT molecular complexity index is 67.7. The quantitative estimate of drug-likeness (QED) is 0.353. The van der Waals surface area contributed by atoms with Crippen molar-refractivity contribution in [3.8, 4) is 0 Å². The van der Waals surface area contributed by atoms with Crippen molar-refractivity contribution in [1.82, 2.24) is 5.48 Å². The molecule has 4 nitrogen and oxygen atoms in total. The van der Waals surface area contributed by atoms with Gasteiger partial charge in [-0.15, -0.1) is 0 Å². The van der Waals surface area contributed by atoms with Crippen LogP contribution >= 0.6 is 0 Å². The number of β-amino-alcohol motifs (C(OH)–C–C–N with tert-alkyl or cyclic N) is 1. The van der Waals surface area contributed by atoms with E-state index in [-0.39, 0.29) is 6.61 Å². The van der Waals surface area contributed by atoms with Gasteiger partial charge in [0.15, 0.2) is 0 Å². The van der Waals surface area contributed by atoms with Crippen LogP contribution < -0.4 is 5.48 Å². The maximum Gasteiger partial charge on any atom is 0.106 e. The lowest BCUT2D eigenvalue weighted by molar-refractivity contribution is -0.118. The van der Waals surface area contributed by atoms with Gasteiger partial charge in [0.05, 0.1) is 12.7 Å². The summed E-state index contributed by atoms with van der Waals surface area (Å²) >= 11 is 0. The Morgan fingerprint density at radius 2 is 2.12 bits per heavy atom. The summed E-state index contributed by atoms with van der Waals surface area (Å²) in [7, 11) is 0. The summed E-state index contributed by atoms with van der Waals surface area (Å²) in [5.41, 5.74) is 2.45. The molecule has 1 rings (SSSR count). The second kappa shape index (κ2) is 2.41. The molecule has 0 aromatic carbocycles. The van der Waals surface area contributed by atoms with Gasteiger partial charge in [0.1, 0.15) is 6.10 Å². The minimum atomic E-state index is -0.726. The lowest BCUT2D eigenvalue weighted by atomic mass is 10.2. The molecule has 48 valence electrons. The van der Waals surface area contributed by atoms with Crippen molar-refractivity contribution in [2.24, 2.45) is 0 Å². The molecule has 2 atom stereocenters. The number of aliphatic hydroxyl groups excluding tert-OH is 2. The molecule has 1 fully saturated rings. The van der Waals surface area contributed by atoms with Crippen LogP contribution in [0.25, 0.3) is 0 Å². The van der Waals surface area contributed by atoms with Gasteiger partial charge in [-0.2, -0.15) is 5.48 Å². The molecular weight excluding hydrogens is 110 g/mol. The van der Waals surface area contributed by atoms with Crippen molar-refractivity contribution >= 4 is 0 Å². The third-order valence-corrected chi connectivity index (χ3v) is 1.09. The molecule has 0 bridgehead atoms. The third-order valence-electron chi connectivity index (χ3n) is 1.09. The Labute approximate surface area is 47.0 Å². The molecule has 0 unspecified atom stereocenters. The standard InChI is InChI=1S/C4H9NO3/c6-3-1-5-8-2-4(3)7/h3-7H,1-2H2/t3-,4+/m1/s1. The second-order valence-corrected chi connectivity index (χ2v) is 1.79. The van der Waals surface area contributed by atoms with Crippen LogP contribution in [0.2, 0.25) is 0 Å². The van der Waals surface area contributed by atoms with Gasteiger partial charge in [-0.05, 0) is 0 Å². The number of aliphatic hydroxyl groups is 2. The topological polar surface area (TPSA) is 61.7 Å². The minimum absolute atomic E-state index is 0.168. The van der Waals surface area contributed by atoms with Crippen LogP contribution in [0.1, 0.15) is 0 Å². The molecular formula is C4H9NO3. The zero-order chi connectivity index (χ0) is 5.98. The van der Waals surface area contributed by atoms with Crippen LogP contribution in [-0.4, -0.2) is 35.6 Å². The predicted molar refractivity (Wildman–Crippen MR) is 26.0 cm³/mol. The van der Waals surface area contributed by atoms with Gasteiger partial charge in [-0.1, -0.05) is 0 Å². The van der Waals surface area contributed by atoms with Crippen LogP contribution in [-0.2, 0) is 4.84 Å². The number of hydrogen-bond donors (Lipinski definition) is 3. The largest absolute Gasteiger partial charge is 0.389 e. The highest BCUT2D eigenvalue weighted by molar-refractivity contribution is 4.69. The van der Waals surface area contributed by atoms with E-state index in [9.17, 15) is 0 Å². The molecule has 0 aromatic rings. The lowest BCUT2D eigenvalue weighted by Gasteiger charge is -2.23. The Morgan fingerprint density at radius 1 is 1.38 bits per heavy atom. The molecule has 1 heterocycles. The fourth-order valence-corrected chi connectivity index (χ4v) is 0.536. The number of hydroxylamine groups is 1. The van der Waals surface area contributed by atoms with Crippen molar-refractivity contribution in [3.63, 3.8) is 0 Å². The number of hydrogen-bond acceptors (Lipinski definition) is 4. The first-order chi connectivity index (χ1) is 3.80. The van der Waals surface area contributed by atoms with Gasteiger partial charge < -0.3 is 10.2 Å². The number of rotatable bonds is 0. The maximum absolute atomic E-state index is 8.79. The van der Waals surface area contributed by atoms with E-state index in [0.29, 0.717) is 6.54 Å². The Morgan fingerprint density at radius 3 is 2.50 bits per heavy atom. The SMILES string of the molecule is O[C@@H]1CNOC[C@@H]1O. The highest BCUT2D eigenvalue weighted by Gasteiger charge is 2.20. The zero-order valence-corrected chi connectivity index (χ0v) is 4.37. The Balaban J connectivity index is 2.28. The molecule has 1 saturated heterocycles. The van der Waals surface area contributed by atoms with Gasteiger partial charge in [0.25, 0.3) is 0 Å². The highest BCUT2D eigenvalue weighted by atomic mass is 16.7. The minimum Gasteiger partial charge on any atom is -0.389 e. The van der Waals surface area contributed by atoms with Crippen LogP contribution in [0, 0.1) is 0 Å². The monoisotopic (exact) mass is 119 g/mol. The predicted octanol–water partition coefficient (Wildman–Crippen LogP) is -1.76. The molecule has 0 spiro atoms. The smallest absolute Gasteiger partial charge is 0.106 e. The molecule has 3 N–H and O–H groups in total. The second-order valence-electron chi connectivity index (χ2n) is 1.79. The summed E-state index contributed by atoms with van der Waals surface area (Å²) in [4.78, 5) is 4.59. The molecule has 0 aromatic heterocycles. The summed E-state index contributed by atoms with van der Waals surface area (Å²) in [5.74, 6) is 0. The average molecular weight is 119 g/mol. The van der Waals surface area contributed by atoms with Gasteiger partial charge in [-0.25, -0.2) is 0 Å². The van der Waals surface area contributed by atoms with E-state index in [4.69, 9.17) is 10.2 Å². The summed E-state index contributed by atoms with van der Waals surface area (Å²) < 4.78 is 0. The van der Waals surface area contributed by atoms with Crippen molar-refractivity contribution < 1.29 is 15.1 Å². The fraction of sp³-hybridized carbons (Fsp3) is 1.00. The van der Waals surface area contributed by atoms with Crippen LogP contribution in [0.5, 0.6) is 0 Å². The highest BCUT2D eigenvalue weighted by Crippen LogP contribution is 1.96. The van der Waals surface area contributed by atoms with Crippen molar-refractivity contribution in [2.45, 2.75) is 12.2 Å². The van der Waals surface area contributed by atoms with Crippen molar-refractivity contribution in [1.29, 1.82) is 0 Å². The van der Waals surface area contributed by atoms with Crippen LogP contribution in [0.4, 0.5) is 0 Å². The maximum atomic E-state index is 8.79. The summed E-state index contributed by atoms with van der Waals surface area (Å²) in [6.07, 6.45) is -1.40. The average Bonchev–Trinajstić information content (AvgIpc) is 1.77. The van der Waals surface area contributed by atoms with Crippen molar-refractivity contribution in [2.75, 3.05) is 13.2 Å². The normalized spacial score (nSPS) is 39.8. The molecule has 4 heteroatoms. The van der Waals surface area contributed by atoms with E-state index in [2.05, 4.69) is 10.3 Å². The van der Waals surface area contributed by atoms with Crippen LogP contribution in [0.15, 0.2) is 0 Å².